The van der Waals surface area contributed by atoms with E-state index in [9.17, 15) is 18.5 Å². The van der Waals surface area contributed by atoms with Crippen molar-refractivity contribution in [2.24, 2.45) is 0 Å². The first-order valence-corrected chi connectivity index (χ1v) is 11.2. The lowest BCUT2D eigenvalue weighted by Gasteiger charge is -2.18. The smallest absolute Gasteiger partial charge is 0.312 e. The van der Waals surface area contributed by atoms with E-state index in [1.807, 2.05) is 0 Å². The number of hydrogen-bond acceptors (Lipinski definition) is 8. The highest BCUT2D eigenvalue weighted by molar-refractivity contribution is 7.89. The number of benzene rings is 2. The van der Waals surface area contributed by atoms with Crippen LogP contribution in [0.15, 0.2) is 41.3 Å². The summed E-state index contributed by atoms with van der Waals surface area (Å²) < 4.78 is 48.1. The van der Waals surface area contributed by atoms with Gasteiger partial charge in [-0.1, -0.05) is 13.8 Å². The number of nitro groups is 1. The summed E-state index contributed by atoms with van der Waals surface area (Å²) in [5.74, 6) is 1.89. The number of fused-ring (bicyclic) bond motifs is 1. The van der Waals surface area contributed by atoms with E-state index >= 15 is 0 Å². The summed E-state index contributed by atoms with van der Waals surface area (Å²) in [5.41, 5.74) is -0.398. The molecule has 0 saturated heterocycles. The first-order chi connectivity index (χ1) is 14.9. The summed E-state index contributed by atoms with van der Waals surface area (Å²) in [7, 11) is -3.80. The second-order valence-corrected chi connectivity index (χ2v) is 8.48. The number of rotatable bonds is 11. The number of sulfonamides is 1. The van der Waals surface area contributed by atoms with Crippen molar-refractivity contribution >= 4 is 15.7 Å². The molecule has 0 amide bonds. The van der Waals surface area contributed by atoms with Crippen LogP contribution in [0.1, 0.15) is 20.3 Å². The summed E-state index contributed by atoms with van der Waals surface area (Å²) in [6.45, 7) is 4.62. The van der Waals surface area contributed by atoms with Crippen molar-refractivity contribution < 1.29 is 32.3 Å². The normalized spacial score (nSPS) is 12.7. The third-order valence-electron chi connectivity index (χ3n) is 4.63. The van der Waals surface area contributed by atoms with Crippen LogP contribution >= 0.6 is 0 Å². The summed E-state index contributed by atoms with van der Waals surface area (Å²) in [6.07, 6.45) is 0.463. The second kappa shape index (κ2) is 9.84. The Morgan fingerprint density at radius 2 is 1.74 bits per heavy atom. The van der Waals surface area contributed by atoms with Gasteiger partial charge in [-0.25, -0.2) is 8.42 Å². The maximum Gasteiger partial charge on any atom is 0.312 e. The highest BCUT2D eigenvalue weighted by Crippen LogP contribution is 2.35. The standard InChI is InChI=1S/C20H24N2O8S/c1-3-21(4-2)31(25,26)16-7-9-18(17(13-16)22(23)24)28-11-5-10-27-15-6-8-19-20(12-15)30-14-29-19/h6-9,12-13H,3-5,10-11,14H2,1-2H3. The Morgan fingerprint density at radius 3 is 2.45 bits per heavy atom. The zero-order valence-electron chi connectivity index (χ0n) is 17.3. The lowest BCUT2D eigenvalue weighted by Crippen LogP contribution is -2.30. The molecule has 31 heavy (non-hydrogen) atoms. The molecule has 0 saturated carbocycles. The fraction of sp³-hybridized carbons (Fsp3) is 0.400. The lowest BCUT2D eigenvalue weighted by molar-refractivity contribution is -0.386. The number of ether oxygens (including phenoxy) is 4. The van der Waals surface area contributed by atoms with Gasteiger partial charge in [0.25, 0.3) is 0 Å². The van der Waals surface area contributed by atoms with Crippen LogP contribution < -0.4 is 18.9 Å². The van der Waals surface area contributed by atoms with Gasteiger partial charge < -0.3 is 18.9 Å². The van der Waals surface area contributed by atoms with Gasteiger partial charge in [-0.05, 0) is 24.3 Å². The van der Waals surface area contributed by atoms with Gasteiger partial charge in [0, 0.05) is 31.6 Å². The third kappa shape index (κ3) is 5.17. The lowest BCUT2D eigenvalue weighted by atomic mass is 10.3. The average molecular weight is 452 g/mol. The average Bonchev–Trinajstić information content (AvgIpc) is 3.22. The van der Waals surface area contributed by atoms with Gasteiger partial charge in [-0.2, -0.15) is 4.31 Å². The molecular formula is C20H24N2O8S. The SMILES string of the molecule is CCN(CC)S(=O)(=O)c1ccc(OCCCOc2ccc3c(c2)OCO3)c([N+](=O)[O-])c1. The molecule has 0 unspecified atom stereocenters. The van der Waals surface area contributed by atoms with E-state index in [2.05, 4.69) is 0 Å². The van der Waals surface area contributed by atoms with Crippen molar-refractivity contribution in [3.8, 4) is 23.0 Å². The summed E-state index contributed by atoms with van der Waals surface area (Å²) in [6, 6.07) is 8.90. The molecule has 1 aliphatic rings. The van der Waals surface area contributed by atoms with Gasteiger partial charge >= 0.3 is 5.69 Å². The molecule has 0 aliphatic carbocycles. The summed E-state index contributed by atoms with van der Waals surface area (Å²) >= 11 is 0. The van der Waals surface area contributed by atoms with Crippen LogP contribution in [0.3, 0.4) is 0 Å². The predicted octanol–water partition coefficient (Wildman–Crippen LogP) is 3.20. The molecule has 2 aromatic rings. The highest BCUT2D eigenvalue weighted by Gasteiger charge is 2.26. The molecule has 0 N–H and O–H groups in total. The Morgan fingerprint density at radius 1 is 1.03 bits per heavy atom. The molecule has 0 radical (unpaired) electrons. The number of nitro benzene ring substituents is 1. The maximum absolute atomic E-state index is 12.6. The van der Waals surface area contributed by atoms with E-state index in [1.54, 1.807) is 32.0 Å². The Balaban J connectivity index is 1.59. The predicted molar refractivity (Wildman–Crippen MR) is 111 cm³/mol. The molecular weight excluding hydrogens is 428 g/mol. The van der Waals surface area contributed by atoms with E-state index in [0.717, 1.165) is 6.07 Å². The molecule has 1 aliphatic heterocycles. The van der Waals surface area contributed by atoms with Crippen molar-refractivity contribution in [2.45, 2.75) is 25.2 Å². The first-order valence-electron chi connectivity index (χ1n) is 9.80. The molecule has 168 valence electrons. The zero-order valence-corrected chi connectivity index (χ0v) is 18.1. The molecule has 0 bridgehead atoms. The van der Waals surface area contributed by atoms with Crippen molar-refractivity contribution in [1.29, 1.82) is 0 Å². The number of nitrogens with zero attached hydrogens (tertiary/aromatic N) is 2. The molecule has 1 heterocycles. The zero-order chi connectivity index (χ0) is 22.4. The van der Waals surface area contributed by atoms with Crippen LogP contribution in [0.5, 0.6) is 23.0 Å². The quantitative estimate of drug-likeness (QED) is 0.290. The Kier molecular flexibility index (Phi) is 7.18. The van der Waals surface area contributed by atoms with Crippen LogP contribution in [0.4, 0.5) is 5.69 Å². The van der Waals surface area contributed by atoms with Crippen LogP contribution in [-0.4, -0.2) is 50.7 Å². The molecule has 0 aromatic heterocycles. The van der Waals surface area contributed by atoms with Gasteiger partial charge in [-0.3, -0.25) is 10.1 Å². The second-order valence-electron chi connectivity index (χ2n) is 6.54. The molecule has 3 rings (SSSR count). The van der Waals surface area contributed by atoms with Crippen molar-refractivity contribution in [3.63, 3.8) is 0 Å². The topological polar surface area (TPSA) is 117 Å². The minimum Gasteiger partial charge on any atom is -0.493 e. The Bertz CT molecular complexity index is 1040. The monoisotopic (exact) mass is 452 g/mol. The van der Waals surface area contributed by atoms with Gasteiger partial charge in [0.15, 0.2) is 17.2 Å². The van der Waals surface area contributed by atoms with Gasteiger partial charge in [-0.15, -0.1) is 0 Å². The van der Waals surface area contributed by atoms with Crippen LogP contribution in [0, 0.1) is 10.1 Å². The van der Waals surface area contributed by atoms with Crippen molar-refractivity contribution in [2.75, 3.05) is 33.1 Å². The third-order valence-corrected chi connectivity index (χ3v) is 6.68. The van der Waals surface area contributed by atoms with E-state index in [-0.39, 0.29) is 37.1 Å². The van der Waals surface area contributed by atoms with Crippen LogP contribution in [-0.2, 0) is 10.0 Å². The van der Waals surface area contributed by atoms with Crippen molar-refractivity contribution in [3.05, 3.63) is 46.5 Å². The van der Waals surface area contributed by atoms with E-state index in [0.29, 0.717) is 30.3 Å². The van der Waals surface area contributed by atoms with Gasteiger partial charge in [0.1, 0.15) is 5.75 Å². The summed E-state index contributed by atoms with van der Waals surface area (Å²) in [4.78, 5) is 10.7. The first kappa shape index (κ1) is 22.6. The number of hydrogen-bond donors (Lipinski definition) is 0. The minimum atomic E-state index is -3.80. The van der Waals surface area contributed by atoms with E-state index < -0.39 is 20.6 Å². The van der Waals surface area contributed by atoms with E-state index in [4.69, 9.17) is 18.9 Å². The van der Waals surface area contributed by atoms with Gasteiger partial charge in [0.2, 0.25) is 16.8 Å². The molecule has 2 aromatic carbocycles. The molecule has 0 spiro atoms. The molecule has 10 nitrogen and oxygen atoms in total. The molecule has 0 atom stereocenters. The van der Waals surface area contributed by atoms with Gasteiger partial charge in [0.05, 0.1) is 23.0 Å². The Labute approximate surface area is 180 Å². The fourth-order valence-corrected chi connectivity index (χ4v) is 4.51. The molecule has 0 fully saturated rings. The van der Waals surface area contributed by atoms with Crippen LogP contribution in [0.25, 0.3) is 0 Å². The Hall–Kier alpha value is -3.05. The summed E-state index contributed by atoms with van der Waals surface area (Å²) in [5, 5.41) is 11.4. The minimum absolute atomic E-state index is 0.00609. The largest absolute Gasteiger partial charge is 0.493 e. The van der Waals surface area contributed by atoms with E-state index in [1.165, 1.54) is 16.4 Å². The molecule has 11 heteroatoms. The maximum atomic E-state index is 12.6. The fourth-order valence-electron chi connectivity index (χ4n) is 3.03. The highest BCUT2D eigenvalue weighted by atomic mass is 32.2. The van der Waals surface area contributed by atoms with Crippen LogP contribution in [0.2, 0.25) is 0 Å². The van der Waals surface area contributed by atoms with Crippen molar-refractivity contribution in [1.82, 2.24) is 4.31 Å².